The third-order valence-corrected chi connectivity index (χ3v) is 5.98. The molecular formula is C28H26N2O5. The molecule has 4 rings (SSSR count). The Labute approximate surface area is 203 Å². The molecule has 1 heterocycles. The second-order valence-electron chi connectivity index (χ2n) is 8.19. The zero-order chi connectivity index (χ0) is 25.1. The van der Waals surface area contributed by atoms with Crippen LogP contribution in [0.15, 0.2) is 78.4 Å². The van der Waals surface area contributed by atoms with E-state index >= 15 is 0 Å². The average Bonchev–Trinajstić information content (AvgIpc) is 3.13. The average molecular weight is 471 g/mol. The number of rotatable bonds is 6. The van der Waals surface area contributed by atoms with Crippen molar-refractivity contribution in [1.82, 2.24) is 0 Å². The van der Waals surface area contributed by atoms with E-state index in [9.17, 15) is 19.5 Å². The Hall–Kier alpha value is -4.39. The van der Waals surface area contributed by atoms with Crippen molar-refractivity contribution in [3.05, 3.63) is 95.1 Å². The van der Waals surface area contributed by atoms with E-state index in [1.807, 2.05) is 19.1 Å². The number of carbonyl (C=O) groups excluding carboxylic acids is 3. The van der Waals surface area contributed by atoms with Gasteiger partial charge in [-0.1, -0.05) is 49.4 Å². The number of nitrogens with zero attached hydrogens (tertiary/aromatic N) is 1. The van der Waals surface area contributed by atoms with Crippen LogP contribution >= 0.6 is 0 Å². The van der Waals surface area contributed by atoms with Crippen LogP contribution in [0.2, 0.25) is 0 Å². The van der Waals surface area contributed by atoms with Gasteiger partial charge in [0.25, 0.3) is 11.7 Å². The molecule has 35 heavy (non-hydrogen) atoms. The number of anilines is 2. The Morgan fingerprint density at radius 2 is 1.66 bits per heavy atom. The van der Waals surface area contributed by atoms with Gasteiger partial charge in [-0.2, -0.15) is 0 Å². The van der Waals surface area contributed by atoms with Crippen molar-refractivity contribution in [2.24, 2.45) is 0 Å². The molecule has 0 radical (unpaired) electrons. The first kappa shape index (κ1) is 23.8. The molecule has 7 heteroatoms. The van der Waals surface area contributed by atoms with Crippen molar-refractivity contribution in [3.63, 3.8) is 0 Å². The van der Waals surface area contributed by atoms with Gasteiger partial charge in [0.2, 0.25) is 5.91 Å². The summed E-state index contributed by atoms with van der Waals surface area (Å²) >= 11 is 0. The molecular weight excluding hydrogens is 444 g/mol. The van der Waals surface area contributed by atoms with Crippen molar-refractivity contribution in [2.75, 3.05) is 17.3 Å². The molecule has 0 aromatic heterocycles. The summed E-state index contributed by atoms with van der Waals surface area (Å²) in [4.78, 5) is 39.4. The van der Waals surface area contributed by atoms with E-state index in [1.165, 1.54) is 18.9 Å². The van der Waals surface area contributed by atoms with Gasteiger partial charge in [-0.25, -0.2) is 0 Å². The molecule has 1 fully saturated rings. The van der Waals surface area contributed by atoms with Gasteiger partial charge in [-0.05, 0) is 42.3 Å². The van der Waals surface area contributed by atoms with Gasteiger partial charge in [-0.3, -0.25) is 19.3 Å². The predicted molar refractivity (Wildman–Crippen MR) is 134 cm³/mol. The molecule has 1 atom stereocenters. The number of para-hydroxylation sites is 1. The number of hydrogen-bond acceptors (Lipinski definition) is 5. The number of amides is 2. The van der Waals surface area contributed by atoms with E-state index in [1.54, 1.807) is 60.7 Å². The number of aryl methyl sites for hydroxylation is 1. The van der Waals surface area contributed by atoms with Crippen LogP contribution in [-0.4, -0.2) is 29.8 Å². The fourth-order valence-corrected chi connectivity index (χ4v) is 4.25. The molecule has 1 saturated heterocycles. The van der Waals surface area contributed by atoms with Crippen LogP contribution in [0.3, 0.4) is 0 Å². The summed E-state index contributed by atoms with van der Waals surface area (Å²) in [5.74, 6) is -1.55. The summed E-state index contributed by atoms with van der Waals surface area (Å²) < 4.78 is 5.54. The Morgan fingerprint density at radius 3 is 2.26 bits per heavy atom. The highest BCUT2D eigenvalue weighted by atomic mass is 16.5. The first-order valence-electron chi connectivity index (χ1n) is 11.3. The molecule has 0 spiro atoms. The SMILES string of the molecule is CCc1ccc(/C(O)=C2/C(=O)C(=O)N(c3ccc(NC(C)=O)cc3)C2c2ccccc2OC)cc1. The zero-order valence-corrected chi connectivity index (χ0v) is 19.7. The molecule has 3 aromatic rings. The van der Waals surface area contributed by atoms with Crippen LogP contribution in [0.25, 0.3) is 5.76 Å². The number of Topliss-reactive ketones (excluding diaryl/α,β-unsaturated/α-hetero) is 1. The second-order valence-corrected chi connectivity index (χ2v) is 8.19. The van der Waals surface area contributed by atoms with Gasteiger partial charge in [0.05, 0.1) is 18.7 Å². The summed E-state index contributed by atoms with van der Waals surface area (Å²) in [5.41, 5.74) is 3.07. The molecule has 0 aliphatic carbocycles. The topological polar surface area (TPSA) is 95.9 Å². The lowest BCUT2D eigenvalue weighted by atomic mass is 9.94. The van der Waals surface area contributed by atoms with Gasteiger partial charge < -0.3 is 15.2 Å². The molecule has 1 aliphatic rings. The minimum atomic E-state index is -0.913. The number of ether oxygens (including phenoxy) is 1. The molecule has 0 bridgehead atoms. The summed E-state index contributed by atoms with van der Waals surface area (Å²) in [6.07, 6.45) is 0.834. The lowest BCUT2D eigenvalue weighted by Crippen LogP contribution is -2.29. The first-order valence-corrected chi connectivity index (χ1v) is 11.3. The molecule has 1 unspecified atom stereocenters. The fraction of sp³-hybridized carbons (Fsp3) is 0.179. The summed E-state index contributed by atoms with van der Waals surface area (Å²) in [6, 6.07) is 20.0. The van der Waals surface area contributed by atoms with Crippen LogP contribution in [0, 0.1) is 0 Å². The fourth-order valence-electron chi connectivity index (χ4n) is 4.25. The Bertz CT molecular complexity index is 1310. The highest BCUT2D eigenvalue weighted by molar-refractivity contribution is 6.51. The van der Waals surface area contributed by atoms with Gasteiger partial charge in [0.1, 0.15) is 11.5 Å². The van der Waals surface area contributed by atoms with E-state index in [2.05, 4.69) is 5.32 Å². The standard InChI is InChI=1S/C28H26N2O5/c1-4-18-9-11-19(12-10-18)26(32)24-25(22-7-5-6-8-23(22)35-3)30(28(34)27(24)33)21-15-13-20(14-16-21)29-17(2)31/h5-16,25,32H,4H2,1-3H3,(H,29,31)/b26-24-. The molecule has 7 nitrogen and oxygen atoms in total. The van der Waals surface area contributed by atoms with Crippen molar-refractivity contribution >= 4 is 34.7 Å². The third-order valence-electron chi connectivity index (χ3n) is 5.98. The van der Waals surface area contributed by atoms with Crippen LogP contribution in [0.1, 0.15) is 36.6 Å². The Kier molecular flexibility index (Phi) is 6.68. The quantitative estimate of drug-likeness (QED) is 0.305. The molecule has 0 saturated carbocycles. The van der Waals surface area contributed by atoms with Crippen molar-refractivity contribution in [2.45, 2.75) is 26.3 Å². The predicted octanol–water partition coefficient (Wildman–Crippen LogP) is 4.84. The number of aliphatic hydroxyl groups excluding tert-OH is 1. The lowest BCUT2D eigenvalue weighted by Gasteiger charge is -2.26. The maximum absolute atomic E-state index is 13.3. The normalized spacial score (nSPS) is 16.9. The number of carbonyl (C=O) groups is 3. The highest BCUT2D eigenvalue weighted by Gasteiger charge is 2.47. The Morgan fingerprint density at radius 1 is 1.00 bits per heavy atom. The smallest absolute Gasteiger partial charge is 0.300 e. The van der Waals surface area contributed by atoms with Gasteiger partial charge in [-0.15, -0.1) is 0 Å². The van der Waals surface area contributed by atoms with E-state index in [0.717, 1.165) is 12.0 Å². The number of ketones is 1. The van der Waals surface area contributed by atoms with E-state index in [0.29, 0.717) is 28.3 Å². The van der Waals surface area contributed by atoms with Gasteiger partial charge >= 0.3 is 0 Å². The van der Waals surface area contributed by atoms with Crippen molar-refractivity contribution in [3.8, 4) is 5.75 Å². The van der Waals surface area contributed by atoms with Crippen LogP contribution in [-0.2, 0) is 20.8 Å². The molecule has 1 aliphatic heterocycles. The van der Waals surface area contributed by atoms with Crippen LogP contribution in [0.5, 0.6) is 5.75 Å². The molecule has 178 valence electrons. The molecule has 3 aromatic carbocycles. The van der Waals surface area contributed by atoms with Gasteiger partial charge in [0, 0.05) is 29.4 Å². The number of aliphatic hydroxyl groups is 1. The second kappa shape index (κ2) is 9.85. The van der Waals surface area contributed by atoms with Crippen LogP contribution in [0.4, 0.5) is 11.4 Å². The first-order chi connectivity index (χ1) is 16.8. The third kappa shape index (κ3) is 4.53. The van der Waals surface area contributed by atoms with Crippen molar-refractivity contribution < 1.29 is 24.2 Å². The van der Waals surface area contributed by atoms with E-state index < -0.39 is 17.7 Å². The number of benzene rings is 3. The highest BCUT2D eigenvalue weighted by Crippen LogP contribution is 2.45. The lowest BCUT2D eigenvalue weighted by molar-refractivity contribution is -0.132. The maximum Gasteiger partial charge on any atom is 0.300 e. The van der Waals surface area contributed by atoms with E-state index in [4.69, 9.17) is 4.74 Å². The molecule has 2 amide bonds. The summed E-state index contributed by atoms with van der Waals surface area (Å²) in [6.45, 7) is 3.43. The largest absolute Gasteiger partial charge is 0.507 e. The minimum absolute atomic E-state index is 0.0188. The summed E-state index contributed by atoms with van der Waals surface area (Å²) in [7, 11) is 1.51. The van der Waals surface area contributed by atoms with Crippen molar-refractivity contribution in [1.29, 1.82) is 0 Å². The minimum Gasteiger partial charge on any atom is -0.507 e. The maximum atomic E-state index is 13.3. The van der Waals surface area contributed by atoms with Gasteiger partial charge in [0.15, 0.2) is 0 Å². The summed E-state index contributed by atoms with van der Waals surface area (Å²) in [5, 5.41) is 13.9. The Balaban J connectivity index is 1.90. The monoisotopic (exact) mass is 470 g/mol. The van der Waals surface area contributed by atoms with Crippen LogP contribution < -0.4 is 15.0 Å². The van der Waals surface area contributed by atoms with E-state index in [-0.39, 0.29) is 17.2 Å². The molecule has 2 N–H and O–H groups in total. The number of methoxy groups -OCH3 is 1. The zero-order valence-electron chi connectivity index (χ0n) is 19.7. The number of nitrogens with one attached hydrogen (secondary N) is 1. The number of hydrogen-bond donors (Lipinski definition) is 2.